The third-order valence-electron chi connectivity index (χ3n) is 5.03. The highest BCUT2D eigenvalue weighted by Gasteiger charge is 2.35. The molecule has 0 radical (unpaired) electrons. The van der Waals surface area contributed by atoms with Gasteiger partial charge >= 0.3 is 0 Å². The zero-order valence-electron chi connectivity index (χ0n) is 16.5. The molecule has 150 valence electrons. The van der Waals surface area contributed by atoms with Crippen LogP contribution in [0.15, 0.2) is 54.9 Å². The second-order valence-corrected chi connectivity index (χ2v) is 7.49. The van der Waals surface area contributed by atoms with Crippen LogP contribution in [0.25, 0.3) is 5.65 Å². The summed E-state index contributed by atoms with van der Waals surface area (Å²) in [6.45, 7) is 5.17. The summed E-state index contributed by atoms with van der Waals surface area (Å²) in [5.41, 5.74) is 2.18. The zero-order valence-corrected chi connectivity index (χ0v) is 16.5. The van der Waals surface area contributed by atoms with Crippen LogP contribution in [0.5, 0.6) is 5.75 Å². The molecule has 2 aromatic heterocycles. The lowest BCUT2D eigenvalue weighted by Crippen LogP contribution is -2.59. The van der Waals surface area contributed by atoms with Crippen molar-refractivity contribution in [2.45, 2.75) is 26.5 Å². The molecular weight excluding hydrogens is 368 g/mol. The van der Waals surface area contributed by atoms with Gasteiger partial charge in [-0.2, -0.15) is 0 Å². The number of rotatable bonds is 5. The molecule has 1 aromatic carbocycles. The number of pyridine rings is 1. The van der Waals surface area contributed by atoms with E-state index in [0.29, 0.717) is 31.0 Å². The summed E-state index contributed by atoms with van der Waals surface area (Å²) in [6.07, 6.45) is 3.86. The molecule has 1 aliphatic heterocycles. The van der Waals surface area contributed by atoms with Gasteiger partial charge in [-0.15, -0.1) is 0 Å². The lowest BCUT2D eigenvalue weighted by molar-refractivity contribution is -0.129. The average molecular weight is 392 g/mol. The number of carbonyl (C=O) groups excluding carboxylic acids is 2. The normalized spacial score (nSPS) is 16.9. The van der Waals surface area contributed by atoms with Crippen molar-refractivity contribution in [3.05, 3.63) is 66.1 Å². The Kier molecular flexibility index (Phi) is 5.20. The SMILES string of the molecule is CC(C)C1C(=O)NCCN1C(=O)c1cccc(OCc2cn3ccccc3n2)c1. The van der Waals surface area contributed by atoms with Crippen LogP contribution in [0.1, 0.15) is 29.9 Å². The van der Waals surface area contributed by atoms with E-state index in [1.54, 1.807) is 23.1 Å². The number of piperazine rings is 1. The molecule has 2 amide bonds. The van der Waals surface area contributed by atoms with Gasteiger partial charge in [-0.3, -0.25) is 9.59 Å². The van der Waals surface area contributed by atoms with Crippen molar-refractivity contribution in [2.24, 2.45) is 5.92 Å². The van der Waals surface area contributed by atoms with E-state index in [4.69, 9.17) is 4.74 Å². The van der Waals surface area contributed by atoms with Crippen LogP contribution in [0.4, 0.5) is 0 Å². The lowest BCUT2D eigenvalue weighted by Gasteiger charge is -2.37. The maximum atomic E-state index is 13.1. The summed E-state index contributed by atoms with van der Waals surface area (Å²) in [7, 11) is 0. The van der Waals surface area contributed by atoms with E-state index >= 15 is 0 Å². The number of nitrogens with one attached hydrogen (secondary N) is 1. The first-order valence-corrected chi connectivity index (χ1v) is 9.77. The Morgan fingerprint density at radius 1 is 1.28 bits per heavy atom. The van der Waals surface area contributed by atoms with Gasteiger partial charge < -0.3 is 19.4 Å². The molecule has 29 heavy (non-hydrogen) atoms. The molecule has 7 nitrogen and oxygen atoms in total. The fourth-order valence-corrected chi connectivity index (χ4v) is 3.67. The Morgan fingerprint density at radius 3 is 2.93 bits per heavy atom. The topological polar surface area (TPSA) is 75.9 Å². The number of carbonyl (C=O) groups is 2. The van der Waals surface area contributed by atoms with E-state index in [2.05, 4.69) is 10.3 Å². The second-order valence-electron chi connectivity index (χ2n) is 7.49. The minimum Gasteiger partial charge on any atom is -0.487 e. The Balaban J connectivity index is 1.49. The first-order chi connectivity index (χ1) is 14.0. The van der Waals surface area contributed by atoms with Crippen molar-refractivity contribution in [1.82, 2.24) is 19.6 Å². The third kappa shape index (κ3) is 3.94. The summed E-state index contributed by atoms with van der Waals surface area (Å²) >= 11 is 0. The predicted octanol–water partition coefficient (Wildman–Crippen LogP) is 2.51. The molecule has 1 atom stereocenters. The predicted molar refractivity (Wildman–Crippen MR) is 109 cm³/mol. The van der Waals surface area contributed by atoms with Gasteiger partial charge in [0.2, 0.25) is 5.91 Å². The van der Waals surface area contributed by atoms with Crippen LogP contribution < -0.4 is 10.1 Å². The van der Waals surface area contributed by atoms with E-state index in [0.717, 1.165) is 11.3 Å². The standard InChI is InChI=1S/C22H24N4O3/c1-15(2)20-21(27)23-9-11-26(20)22(28)16-6-5-7-18(12-16)29-14-17-13-25-10-4-3-8-19(25)24-17/h3-8,10,12-13,15,20H,9,11,14H2,1-2H3,(H,23,27). The number of hydrogen-bond acceptors (Lipinski definition) is 4. The number of aromatic nitrogens is 2. The van der Waals surface area contributed by atoms with Crippen LogP contribution in [-0.2, 0) is 11.4 Å². The Labute approximate surface area is 169 Å². The van der Waals surface area contributed by atoms with Crippen molar-refractivity contribution < 1.29 is 14.3 Å². The molecule has 1 unspecified atom stereocenters. The van der Waals surface area contributed by atoms with E-state index in [1.807, 2.05) is 54.9 Å². The Hall–Kier alpha value is -3.35. The molecule has 1 aliphatic rings. The molecule has 1 N–H and O–H groups in total. The van der Waals surface area contributed by atoms with E-state index in [1.165, 1.54) is 0 Å². The van der Waals surface area contributed by atoms with Crippen LogP contribution in [0.2, 0.25) is 0 Å². The molecule has 4 rings (SSSR count). The van der Waals surface area contributed by atoms with Gasteiger partial charge in [0, 0.05) is 31.0 Å². The minimum absolute atomic E-state index is 0.0359. The Bertz CT molecular complexity index is 1010. The summed E-state index contributed by atoms with van der Waals surface area (Å²) in [5.74, 6) is 0.375. The number of ether oxygens (including phenoxy) is 1. The number of fused-ring (bicyclic) bond motifs is 1. The number of nitrogens with zero attached hydrogens (tertiary/aromatic N) is 3. The first-order valence-electron chi connectivity index (χ1n) is 9.77. The molecule has 0 bridgehead atoms. The molecule has 0 saturated carbocycles. The van der Waals surface area contributed by atoms with Crippen LogP contribution in [-0.4, -0.2) is 45.2 Å². The number of hydrogen-bond donors (Lipinski definition) is 1. The lowest BCUT2D eigenvalue weighted by atomic mass is 9.98. The van der Waals surface area contributed by atoms with Crippen molar-refractivity contribution in [1.29, 1.82) is 0 Å². The van der Waals surface area contributed by atoms with Gasteiger partial charge in [0.1, 0.15) is 24.0 Å². The quantitative estimate of drug-likeness (QED) is 0.724. The largest absolute Gasteiger partial charge is 0.487 e. The third-order valence-corrected chi connectivity index (χ3v) is 5.03. The van der Waals surface area contributed by atoms with Gasteiger partial charge in [0.25, 0.3) is 5.91 Å². The highest BCUT2D eigenvalue weighted by Crippen LogP contribution is 2.21. The van der Waals surface area contributed by atoms with Crippen LogP contribution >= 0.6 is 0 Å². The van der Waals surface area contributed by atoms with E-state index in [-0.39, 0.29) is 17.7 Å². The number of imidazole rings is 1. The molecule has 0 aliphatic carbocycles. The van der Waals surface area contributed by atoms with Crippen molar-refractivity contribution >= 4 is 17.5 Å². The Morgan fingerprint density at radius 2 is 2.14 bits per heavy atom. The molecule has 7 heteroatoms. The fraction of sp³-hybridized carbons (Fsp3) is 0.318. The monoisotopic (exact) mass is 392 g/mol. The molecule has 1 fully saturated rings. The summed E-state index contributed by atoms with van der Waals surface area (Å²) < 4.78 is 7.81. The second kappa shape index (κ2) is 7.95. The highest BCUT2D eigenvalue weighted by atomic mass is 16.5. The smallest absolute Gasteiger partial charge is 0.254 e. The molecule has 3 heterocycles. The van der Waals surface area contributed by atoms with Gasteiger partial charge in [-0.25, -0.2) is 4.98 Å². The zero-order chi connectivity index (χ0) is 20.4. The van der Waals surface area contributed by atoms with Crippen molar-refractivity contribution in [3.63, 3.8) is 0 Å². The first kappa shape index (κ1) is 19.0. The van der Waals surface area contributed by atoms with Gasteiger partial charge in [0.15, 0.2) is 0 Å². The van der Waals surface area contributed by atoms with Gasteiger partial charge in [0.05, 0.1) is 5.69 Å². The molecule has 1 saturated heterocycles. The van der Waals surface area contributed by atoms with Gasteiger partial charge in [-0.1, -0.05) is 26.0 Å². The average Bonchev–Trinajstić information content (AvgIpc) is 3.14. The van der Waals surface area contributed by atoms with Crippen LogP contribution in [0, 0.1) is 5.92 Å². The van der Waals surface area contributed by atoms with Crippen molar-refractivity contribution in [3.8, 4) is 5.75 Å². The highest BCUT2D eigenvalue weighted by molar-refractivity contribution is 5.98. The minimum atomic E-state index is -0.459. The summed E-state index contributed by atoms with van der Waals surface area (Å²) in [6, 6.07) is 12.4. The van der Waals surface area contributed by atoms with Gasteiger partial charge in [-0.05, 0) is 36.2 Å². The maximum Gasteiger partial charge on any atom is 0.254 e. The van der Waals surface area contributed by atoms with Crippen molar-refractivity contribution in [2.75, 3.05) is 13.1 Å². The number of amides is 2. The van der Waals surface area contributed by atoms with Crippen LogP contribution in [0.3, 0.4) is 0 Å². The fourth-order valence-electron chi connectivity index (χ4n) is 3.67. The molecule has 3 aromatic rings. The van der Waals surface area contributed by atoms with E-state index < -0.39 is 6.04 Å². The number of benzene rings is 1. The van der Waals surface area contributed by atoms with E-state index in [9.17, 15) is 9.59 Å². The maximum absolute atomic E-state index is 13.1. The summed E-state index contributed by atoms with van der Waals surface area (Å²) in [5, 5.41) is 2.84. The molecule has 0 spiro atoms. The summed E-state index contributed by atoms with van der Waals surface area (Å²) in [4.78, 5) is 31.5. The molecular formula is C22H24N4O3.